The van der Waals surface area contributed by atoms with Crippen molar-refractivity contribution in [3.63, 3.8) is 0 Å². The molecule has 1 fully saturated rings. The second kappa shape index (κ2) is 8.75. The summed E-state index contributed by atoms with van der Waals surface area (Å²) in [5, 5.41) is 9.09. The van der Waals surface area contributed by atoms with Gasteiger partial charge in [-0.25, -0.2) is 0 Å². The van der Waals surface area contributed by atoms with Crippen LogP contribution in [-0.2, 0) is 9.53 Å². The molecule has 0 unspecified atom stereocenters. The third kappa shape index (κ3) is 4.69. The molecule has 0 radical (unpaired) electrons. The molecule has 27 heavy (non-hydrogen) atoms. The summed E-state index contributed by atoms with van der Waals surface area (Å²) in [5.41, 5.74) is 1.24. The van der Waals surface area contributed by atoms with Crippen molar-refractivity contribution in [2.24, 2.45) is 5.41 Å². The number of benzene rings is 1. The zero-order valence-electron chi connectivity index (χ0n) is 15.3. The average molecular weight is 368 g/mol. The molecule has 1 aromatic heterocycles. The third-order valence-corrected chi connectivity index (χ3v) is 4.78. The number of carbonyl (C=O) groups is 2. The number of hydrogen-bond donors (Lipinski definition) is 3. The summed E-state index contributed by atoms with van der Waals surface area (Å²) in [6.07, 6.45) is 4.59. The number of aromatic nitrogens is 1. The summed E-state index contributed by atoms with van der Waals surface area (Å²) >= 11 is 0. The normalized spacial score (nSPS) is 15.7. The van der Waals surface area contributed by atoms with E-state index in [0.717, 1.165) is 25.9 Å². The van der Waals surface area contributed by atoms with Gasteiger partial charge in [0.1, 0.15) is 0 Å². The molecule has 1 aromatic carbocycles. The van der Waals surface area contributed by atoms with E-state index in [1.807, 2.05) is 6.07 Å². The van der Waals surface area contributed by atoms with Gasteiger partial charge in [0.05, 0.1) is 12.0 Å². The maximum absolute atomic E-state index is 12.9. The summed E-state index contributed by atoms with van der Waals surface area (Å²) < 4.78 is 5.32. The number of methoxy groups -OCH3 is 1. The lowest BCUT2D eigenvalue weighted by molar-refractivity contribution is -0.130. The van der Waals surface area contributed by atoms with Gasteiger partial charge in [-0.05, 0) is 56.3 Å². The molecule has 2 heterocycles. The fourth-order valence-electron chi connectivity index (χ4n) is 3.26. The molecule has 0 atom stereocenters. The predicted molar refractivity (Wildman–Crippen MR) is 104 cm³/mol. The molecule has 0 bridgehead atoms. The van der Waals surface area contributed by atoms with Crippen LogP contribution in [0.25, 0.3) is 0 Å². The highest BCUT2D eigenvalue weighted by molar-refractivity contribution is 6.04. The van der Waals surface area contributed by atoms with Crippen molar-refractivity contribution in [3.8, 4) is 0 Å². The van der Waals surface area contributed by atoms with Crippen LogP contribution in [-0.4, -0.2) is 43.6 Å². The standard InChI is InChI=1S/C20H24N4O3/c1-27-14-20(7-11-22-12-8-20)19(26)24-17-4-2-3-16(13-17)23-18(25)15-5-9-21-10-6-15/h2-6,9-10,13,22H,7-8,11-12,14H2,1H3,(H,23,25)(H,24,26). The Kier molecular flexibility index (Phi) is 6.16. The number of hydrogen-bond acceptors (Lipinski definition) is 5. The van der Waals surface area contributed by atoms with E-state index in [-0.39, 0.29) is 11.8 Å². The van der Waals surface area contributed by atoms with E-state index in [2.05, 4.69) is 20.9 Å². The molecule has 1 saturated heterocycles. The van der Waals surface area contributed by atoms with Crippen LogP contribution in [0.1, 0.15) is 23.2 Å². The Morgan fingerprint density at radius 2 is 1.78 bits per heavy atom. The predicted octanol–water partition coefficient (Wildman–Crippen LogP) is 2.29. The van der Waals surface area contributed by atoms with E-state index in [4.69, 9.17) is 4.74 Å². The molecular weight excluding hydrogens is 344 g/mol. The molecule has 1 aliphatic heterocycles. The minimum Gasteiger partial charge on any atom is -0.384 e. The zero-order chi connectivity index (χ0) is 19.1. The summed E-state index contributed by atoms with van der Waals surface area (Å²) in [7, 11) is 1.62. The molecule has 0 aliphatic carbocycles. The van der Waals surface area contributed by atoms with Crippen molar-refractivity contribution in [2.75, 3.05) is 37.4 Å². The Bertz CT molecular complexity index is 783. The summed E-state index contributed by atoms with van der Waals surface area (Å²) in [5.74, 6) is -0.279. The van der Waals surface area contributed by atoms with Crippen LogP contribution in [0.2, 0.25) is 0 Å². The SMILES string of the molecule is COCC1(C(=O)Nc2cccc(NC(=O)c3ccncc3)c2)CCNCC1. The van der Waals surface area contributed by atoms with Crippen LogP contribution in [0.15, 0.2) is 48.8 Å². The van der Waals surface area contributed by atoms with Gasteiger partial charge in [-0.1, -0.05) is 6.07 Å². The Hall–Kier alpha value is -2.77. The number of amides is 2. The van der Waals surface area contributed by atoms with Crippen LogP contribution in [0, 0.1) is 5.41 Å². The molecule has 7 nitrogen and oxygen atoms in total. The smallest absolute Gasteiger partial charge is 0.255 e. The third-order valence-electron chi connectivity index (χ3n) is 4.78. The second-order valence-corrected chi connectivity index (χ2v) is 6.69. The van der Waals surface area contributed by atoms with Gasteiger partial charge in [-0.15, -0.1) is 0 Å². The van der Waals surface area contributed by atoms with Crippen molar-refractivity contribution >= 4 is 23.2 Å². The average Bonchev–Trinajstić information content (AvgIpc) is 2.70. The van der Waals surface area contributed by atoms with E-state index in [1.54, 1.807) is 49.8 Å². The van der Waals surface area contributed by atoms with Crippen molar-refractivity contribution < 1.29 is 14.3 Å². The first-order chi connectivity index (χ1) is 13.1. The molecule has 1 aliphatic rings. The van der Waals surface area contributed by atoms with Crippen molar-refractivity contribution in [3.05, 3.63) is 54.4 Å². The molecule has 0 spiro atoms. The fraction of sp³-hybridized carbons (Fsp3) is 0.350. The van der Waals surface area contributed by atoms with Gasteiger partial charge >= 0.3 is 0 Å². The maximum Gasteiger partial charge on any atom is 0.255 e. The summed E-state index contributed by atoms with van der Waals surface area (Å²) in [4.78, 5) is 29.1. The van der Waals surface area contributed by atoms with E-state index in [0.29, 0.717) is 23.5 Å². The number of nitrogens with one attached hydrogen (secondary N) is 3. The Morgan fingerprint density at radius 1 is 1.11 bits per heavy atom. The number of pyridine rings is 1. The van der Waals surface area contributed by atoms with Gasteiger partial charge in [-0.2, -0.15) is 0 Å². The van der Waals surface area contributed by atoms with E-state index in [9.17, 15) is 9.59 Å². The number of anilines is 2. The van der Waals surface area contributed by atoms with Crippen LogP contribution in [0.3, 0.4) is 0 Å². The first kappa shape index (κ1) is 19.0. The highest BCUT2D eigenvalue weighted by Crippen LogP contribution is 2.31. The number of ether oxygens (including phenoxy) is 1. The molecule has 3 N–H and O–H groups in total. The van der Waals surface area contributed by atoms with Crippen LogP contribution in [0.5, 0.6) is 0 Å². The first-order valence-electron chi connectivity index (χ1n) is 8.95. The van der Waals surface area contributed by atoms with Gasteiger partial charge in [0.2, 0.25) is 5.91 Å². The first-order valence-corrected chi connectivity index (χ1v) is 8.95. The number of rotatable bonds is 6. The van der Waals surface area contributed by atoms with Crippen LogP contribution < -0.4 is 16.0 Å². The topological polar surface area (TPSA) is 92.4 Å². The van der Waals surface area contributed by atoms with Gasteiger partial charge in [0.25, 0.3) is 5.91 Å². The Labute approximate surface area is 158 Å². The van der Waals surface area contributed by atoms with E-state index < -0.39 is 5.41 Å². The minimum absolute atomic E-state index is 0.0524. The molecule has 142 valence electrons. The second-order valence-electron chi connectivity index (χ2n) is 6.69. The lowest BCUT2D eigenvalue weighted by Crippen LogP contribution is -2.47. The lowest BCUT2D eigenvalue weighted by atomic mass is 9.78. The highest BCUT2D eigenvalue weighted by atomic mass is 16.5. The van der Waals surface area contributed by atoms with E-state index in [1.165, 1.54) is 0 Å². The van der Waals surface area contributed by atoms with E-state index >= 15 is 0 Å². The lowest BCUT2D eigenvalue weighted by Gasteiger charge is -2.35. The summed E-state index contributed by atoms with van der Waals surface area (Å²) in [6.45, 7) is 1.97. The van der Waals surface area contributed by atoms with Crippen LogP contribution in [0.4, 0.5) is 11.4 Å². The Balaban J connectivity index is 1.69. The van der Waals surface area contributed by atoms with Gasteiger partial charge in [-0.3, -0.25) is 14.6 Å². The highest BCUT2D eigenvalue weighted by Gasteiger charge is 2.39. The van der Waals surface area contributed by atoms with Gasteiger partial charge in [0, 0.05) is 36.4 Å². The molecule has 0 saturated carbocycles. The quantitative estimate of drug-likeness (QED) is 0.728. The van der Waals surface area contributed by atoms with Crippen molar-refractivity contribution in [1.29, 1.82) is 0 Å². The molecule has 2 amide bonds. The fourth-order valence-corrected chi connectivity index (χ4v) is 3.26. The monoisotopic (exact) mass is 368 g/mol. The largest absolute Gasteiger partial charge is 0.384 e. The minimum atomic E-state index is -0.531. The zero-order valence-corrected chi connectivity index (χ0v) is 15.3. The van der Waals surface area contributed by atoms with Gasteiger partial charge in [0.15, 0.2) is 0 Å². The number of nitrogens with zero attached hydrogens (tertiary/aromatic N) is 1. The molecule has 7 heteroatoms. The van der Waals surface area contributed by atoms with Gasteiger partial charge < -0.3 is 20.7 Å². The van der Waals surface area contributed by atoms with Crippen molar-refractivity contribution in [1.82, 2.24) is 10.3 Å². The van der Waals surface area contributed by atoms with Crippen molar-refractivity contribution in [2.45, 2.75) is 12.8 Å². The molecular formula is C20H24N4O3. The molecule has 3 rings (SSSR count). The number of piperidine rings is 1. The van der Waals surface area contributed by atoms with Crippen LogP contribution >= 0.6 is 0 Å². The molecule has 2 aromatic rings. The number of carbonyl (C=O) groups excluding carboxylic acids is 2. The summed E-state index contributed by atoms with van der Waals surface area (Å²) in [6, 6.07) is 10.4. The maximum atomic E-state index is 12.9. The Morgan fingerprint density at radius 3 is 2.44 bits per heavy atom.